The first-order valence-electron chi connectivity index (χ1n) is 10.7. The third-order valence-electron chi connectivity index (χ3n) is 5.25. The predicted octanol–water partition coefficient (Wildman–Crippen LogP) is 4.40. The fourth-order valence-corrected chi connectivity index (χ4v) is 3.63. The zero-order valence-corrected chi connectivity index (χ0v) is 17.6. The molecule has 2 aromatic carbocycles. The van der Waals surface area contributed by atoms with E-state index in [2.05, 4.69) is 43.6 Å². The number of H-pyrrole nitrogens is 2. The van der Waals surface area contributed by atoms with E-state index >= 15 is 0 Å². The zero-order chi connectivity index (χ0) is 21.5. The lowest BCUT2D eigenvalue weighted by Crippen LogP contribution is -2.10. The molecule has 4 aromatic rings. The lowest BCUT2D eigenvalue weighted by Gasteiger charge is -2.10. The molecule has 2 N–H and O–H groups in total. The number of carbonyl (C=O) groups excluding carboxylic acids is 1. The van der Waals surface area contributed by atoms with Gasteiger partial charge in [-0.25, -0.2) is 0 Å². The van der Waals surface area contributed by atoms with Crippen LogP contribution in [0.5, 0.6) is 6.01 Å². The SMILES string of the molecule is CCCCCCc1cc(CCC(=O)Oc2nc3ccccc3[nH]2)ccc1-c1nn[nH]n1. The molecule has 0 aliphatic heterocycles. The van der Waals surface area contributed by atoms with Crippen LogP contribution in [-0.4, -0.2) is 36.6 Å². The van der Waals surface area contributed by atoms with Crippen molar-refractivity contribution in [1.82, 2.24) is 30.6 Å². The molecule has 0 radical (unpaired) electrons. The topological polar surface area (TPSA) is 109 Å². The van der Waals surface area contributed by atoms with E-state index in [9.17, 15) is 4.79 Å². The van der Waals surface area contributed by atoms with Gasteiger partial charge in [0.15, 0.2) is 0 Å². The molecule has 8 nitrogen and oxygen atoms in total. The standard InChI is InChI=1S/C23H26N6O2/c1-2-3-4-5-8-17-15-16(11-13-18(17)22-26-28-29-27-22)12-14-21(30)31-23-24-19-9-6-7-10-20(19)25-23/h6-7,9-11,13,15H,2-5,8,12,14H2,1H3,(H,24,25)(H,26,27,28,29). The Kier molecular flexibility index (Phi) is 6.66. The van der Waals surface area contributed by atoms with E-state index in [1.54, 1.807) is 0 Å². The summed E-state index contributed by atoms with van der Waals surface area (Å²) >= 11 is 0. The number of nitrogens with one attached hydrogen (secondary N) is 2. The van der Waals surface area contributed by atoms with Gasteiger partial charge in [0, 0.05) is 5.56 Å². The number of hydrogen-bond acceptors (Lipinski definition) is 6. The van der Waals surface area contributed by atoms with Crippen molar-refractivity contribution in [1.29, 1.82) is 0 Å². The number of aromatic amines is 2. The highest BCUT2D eigenvalue weighted by atomic mass is 16.5. The van der Waals surface area contributed by atoms with Crippen LogP contribution in [0.4, 0.5) is 0 Å². The van der Waals surface area contributed by atoms with Crippen LogP contribution in [-0.2, 0) is 17.6 Å². The average Bonchev–Trinajstić information content (AvgIpc) is 3.45. The van der Waals surface area contributed by atoms with Gasteiger partial charge < -0.3 is 9.72 Å². The van der Waals surface area contributed by atoms with E-state index in [1.807, 2.05) is 36.4 Å². The Hall–Kier alpha value is -3.55. The quantitative estimate of drug-likeness (QED) is 0.292. The van der Waals surface area contributed by atoms with Gasteiger partial charge in [-0.1, -0.05) is 56.5 Å². The van der Waals surface area contributed by atoms with Gasteiger partial charge in [-0.2, -0.15) is 10.2 Å². The summed E-state index contributed by atoms with van der Waals surface area (Å²) in [6, 6.07) is 14.0. The lowest BCUT2D eigenvalue weighted by atomic mass is 9.96. The maximum Gasteiger partial charge on any atom is 0.313 e. The summed E-state index contributed by atoms with van der Waals surface area (Å²) in [5, 5.41) is 14.5. The molecule has 2 heterocycles. The molecule has 0 aliphatic carbocycles. The van der Waals surface area contributed by atoms with E-state index in [-0.39, 0.29) is 18.4 Å². The number of aromatic nitrogens is 6. The second-order valence-corrected chi connectivity index (χ2v) is 7.57. The summed E-state index contributed by atoms with van der Waals surface area (Å²) in [5.74, 6) is 0.284. The van der Waals surface area contributed by atoms with Crippen molar-refractivity contribution in [3.05, 3.63) is 53.6 Å². The number of para-hydroxylation sites is 2. The summed E-state index contributed by atoms with van der Waals surface area (Å²) in [4.78, 5) is 19.6. The molecular formula is C23H26N6O2. The molecule has 160 valence electrons. The Morgan fingerprint density at radius 3 is 2.77 bits per heavy atom. The van der Waals surface area contributed by atoms with Crippen LogP contribution in [0, 0.1) is 0 Å². The van der Waals surface area contributed by atoms with Gasteiger partial charge >= 0.3 is 12.0 Å². The van der Waals surface area contributed by atoms with Crippen LogP contribution in [0.2, 0.25) is 0 Å². The summed E-state index contributed by atoms with van der Waals surface area (Å²) < 4.78 is 5.39. The second kappa shape index (κ2) is 9.97. The number of tetrazole rings is 1. The van der Waals surface area contributed by atoms with E-state index < -0.39 is 0 Å². The van der Waals surface area contributed by atoms with Crippen LogP contribution < -0.4 is 4.74 Å². The number of fused-ring (bicyclic) bond motifs is 1. The molecule has 0 saturated heterocycles. The highest BCUT2D eigenvalue weighted by molar-refractivity contribution is 5.77. The Bertz CT molecular complexity index is 1100. The largest absolute Gasteiger partial charge is 0.392 e. The minimum atomic E-state index is -0.314. The highest BCUT2D eigenvalue weighted by Gasteiger charge is 2.13. The van der Waals surface area contributed by atoms with Crippen molar-refractivity contribution >= 4 is 17.0 Å². The summed E-state index contributed by atoms with van der Waals surface area (Å²) in [7, 11) is 0. The Morgan fingerprint density at radius 1 is 1.06 bits per heavy atom. The van der Waals surface area contributed by atoms with Gasteiger partial charge in [-0.3, -0.25) is 4.79 Å². The molecule has 0 amide bonds. The number of rotatable bonds is 10. The monoisotopic (exact) mass is 418 g/mol. The third kappa shape index (κ3) is 5.33. The number of aryl methyl sites for hydroxylation is 2. The minimum Gasteiger partial charge on any atom is -0.392 e. The van der Waals surface area contributed by atoms with E-state index in [0.717, 1.165) is 35.0 Å². The molecule has 0 aliphatic rings. The molecule has 8 heteroatoms. The first kappa shape index (κ1) is 20.7. The van der Waals surface area contributed by atoms with Gasteiger partial charge in [-0.05, 0) is 47.7 Å². The Labute approximate surface area is 180 Å². The molecule has 2 aromatic heterocycles. The second-order valence-electron chi connectivity index (χ2n) is 7.57. The summed E-state index contributed by atoms with van der Waals surface area (Å²) in [5.41, 5.74) is 4.86. The van der Waals surface area contributed by atoms with Crippen molar-refractivity contribution < 1.29 is 9.53 Å². The van der Waals surface area contributed by atoms with Crippen molar-refractivity contribution in [3.8, 4) is 17.4 Å². The molecular weight excluding hydrogens is 392 g/mol. The van der Waals surface area contributed by atoms with Gasteiger partial charge in [0.2, 0.25) is 5.82 Å². The molecule has 0 fully saturated rings. The van der Waals surface area contributed by atoms with Crippen LogP contribution >= 0.6 is 0 Å². The number of carbonyl (C=O) groups is 1. The van der Waals surface area contributed by atoms with E-state index in [4.69, 9.17) is 4.74 Å². The van der Waals surface area contributed by atoms with Crippen molar-refractivity contribution in [2.45, 2.75) is 51.9 Å². The first-order chi connectivity index (χ1) is 15.2. The fourth-order valence-electron chi connectivity index (χ4n) is 3.63. The van der Waals surface area contributed by atoms with Crippen molar-refractivity contribution in [2.75, 3.05) is 0 Å². The van der Waals surface area contributed by atoms with Crippen molar-refractivity contribution in [3.63, 3.8) is 0 Å². The Morgan fingerprint density at radius 2 is 1.97 bits per heavy atom. The molecule has 0 spiro atoms. The molecule has 0 unspecified atom stereocenters. The predicted molar refractivity (Wildman–Crippen MR) is 118 cm³/mol. The van der Waals surface area contributed by atoms with Crippen LogP contribution in [0.3, 0.4) is 0 Å². The number of benzene rings is 2. The van der Waals surface area contributed by atoms with Gasteiger partial charge in [-0.15, -0.1) is 10.2 Å². The van der Waals surface area contributed by atoms with Crippen LogP contribution in [0.1, 0.15) is 50.2 Å². The molecule has 0 bridgehead atoms. The van der Waals surface area contributed by atoms with Crippen LogP contribution in [0.25, 0.3) is 22.4 Å². The maximum absolute atomic E-state index is 12.3. The molecule has 0 saturated carbocycles. The fraction of sp³-hybridized carbons (Fsp3) is 0.348. The Balaban J connectivity index is 1.40. The number of esters is 1. The maximum atomic E-state index is 12.3. The smallest absolute Gasteiger partial charge is 0.313 e. The molecule has 0 atom stereocenters. The number of nitrogens with zero attached hydrogens (tertiary/aromatic N) is 4. The summed E-state index contributed by atoms with van der Waals surface area (Å²) in [6.45, 7) is 2.20. The van der Waals surface area contributed by atoms with Crippen molar-refractivity contribution in [2.24, 2.45) is 0 Å². The normalized spacial score (nSPS) is 11.1. The average molecular weight is 419 g/mol. The van der Waals surface area contributed by atoms with E-state index in [1.165, 1.54) is 24.8 Å². The van der Waals surface area contributed by atoms with Gasteiger partial charge in [0.05, 0.1) is 17.5 Å². The minimum absolute atomic E-state index is 0.232. The van der Waals surface area contributed by atoms with Crippen LogP contribution in [0.15, 0.2) is 42.5 Å². The number of ether oxygens (including phenoxy) is 1. The molecule has 4 rings (SSSR count). The van der Waals surface area contributed by atoms with Gasteiger partial charge in [0.25, 0.3) is 0 Å². The zero-order valence-electron chi connectivity index (χ0n) is 17.6. The number of hydrogen-bond donors (Lipinski definition) is 2. The highest BCUT2D eigenvalue weighted by Crippen LogP contribution is 2.24. The molecule has 31 heavy (non-hydrogen) atoms. The van der Waals surface area contributed by atoms with Gasteiger partial charge in [0.1, 0.15) is 0 Å². The lowest BCUT2D eigenvalue weighted by molar-refractivity contribution is -0.134. The number of imidazole rings is 1. The number of unbranched alkanes of at least 4 members (excludes halogenated alkanes) is 3. The summed E-state index contributed by atoms with van der Waals surface area (Å²) in [6.07, 6.45) is 6.53. The first-order valence-corrected chi connectivity index (χ1v) is 10.7. The van der Waals surface area contributed by atoms with E-state index in [0.29, 0.717) is 12.2 Å². The third-order valence-corrected chi connectivity index (χ3v) is 5.25.